The van der Waals surface area contributed by atoms with E-state index in [1.807, 2.05) is 97.9 Å². The van der Waals surface area contributed by atoms with Gasteiger partial charge in [-0.15, -0.1) is 0 Å². The summed E-state index contributed by atoms with van der Waals surface area (Å²) in [4.78, 5) is 48.8. The average molecular weight is 594 g/mol. The summed E-state index contributed by atoms with van der Waals surface area (Å²) in [5.74, 6) is -1.03. The third-order valence-electron chi connectivity index (χ3n) is 8.56. The number of imidazole rings is 1. The van der Waals surface area contributed by atoms with Crippen LogP contribution in [-0.4, -0.2) is 39.3 Å². The molecule has 1 unspecified atom stereocenters. The van der Waals surface area contributed by atoms with Gasteiger partial charge in [0.15, 0.2) is 17.2 Å². The lowest BCUT2D eigenvalue weighted by atomic mass is 9.61. The molecule has 9 heteroatoms. The highest BCUT2D eigenvalue weighted by Crippen LogP contribution is 2.46. The summed E-state index contributed by atoms with van der Waals surface area (Å²) in [5, 5.41) is 6.13. The highest BCUT2D eigenvalue weighted by atomic mass is 16.5. The van der Waals surface area contributed by atoms with Gasteiger partial charge in [-0.1, -0.05) is 97.4 Å². The molecule has 228 valence electrons. The summed E-state index contributed by atoms with van der Waals surface area (Å²) >= 11 is 0. The van der Waals surface area contributed by atoms with Gasteiger partial charge in [-0.2, -0.15) is 0 Å². The molecule has 4 aromatic rings. The molecule has 5 N–H and O–H groups in total. The molecule has 1 fully saturated rings. The van der Waals surface area contributed by atoms with Gasteiger partial charge in [-0.05, 0) is 36.5 Å². The molecule has 5 rings (SSSR count). The summed E-state index contributed by atoms with van der Waals surface area (Å²) in [6.45, 7) is 1.88. The fraction of sp³-hybridized carbons (Fsp3) is 0.314. The minimum Gasteiger partial charge on any atom is -0.445 e. The number of hydrogen-bond acceptors (Lipinski definition) is 7. The first-order valence-electron chi connectivity index (χ1n) is 15.0. The van der Waals surface area contributed by atoms with Crippen molar-refractivity contribution < 1.29 is 19.1 Å². The number of carbonyl (C=O) groups is 3. The van der Waals surface area contributed by atoms with Gasteiger partial charge in [0.25, 0.3) is 0 Å². The predicted octanol–water partition coefficient (Wildman–Crippen LogP) is 4.90. The fourth-order valence-electron chi connectivity index (χ4n) is 5.96. The first kappa shape index (κ1) is 30.8. The molecule has 1 amide bonds. The van der Waals surface area contributed by atoms with E-state index in [-0.39, 0.29) is 30.6 Å². The van der Waals surface area contributed by atoms with Gasteiger partial charge in [-0.25, -0.2) is 9.78 Å². The Morgan fingerprint density at radius 3 is 2.20 bits per heavy atom. The maximum Gasteiger partial charge on any atom is 0.409 e. The van der Waals surface area contributed by atoms with Crippen molar-refractivity contribution >= 4 is 17.7 Å². The molecule has 3 aromatic carbocycles. The third kappa shape index (κ3) is 7.12. The van der Waals surface area contributed by atoms with Crippen LogP contribution in [0.4, 0.5) is 4.79 Å². The zero-order valence-electron chi connectivity index (χ0n) is 24.9. The number of aromatic amines is 1. The van der Waals surface area contributed by atoms with E-state index < -0.39 is 29.6 Å². The summed E-state index contributed by atoms with van der Waals surface area (Å²) in [7, 11) is 0. The van der Waals surface area contributed by atoms with Gasteiger partial charge in [0, 0.05) is 36.2 Å². The zero-order valence-corrected chi connectivity index (χ0v) is 24.9. The molecular weight excluding hydrogens is 554 g/mol. The largest absolute Gasteiger partial charge is 0.445 e. The monoisotopic (exact) mass is 593 g/mol. The minimum absolute atomic E-state index is 0.000179. The van der Waals surface area contributed by atoms with Gasteiger partial charge in [0.1, 0.15) is 12.6 Å². The smallest absolute Gasteiger partial charge is 0.409 e. The molecular formula is C35H39N5O4. The fourth-order valence-corrected chi connectivity index (χ4v) is 5.96. The number of amides is 1. The van der Waals surface area contributed by atoms with Crippen LogP contribution in [0.25, 0.3) is 0 Å². The van der Waals surface area contributed by atoms with Gasteiger partial charge in [0.05, 0.1) is 6.33 Å². The minimum atomic E-state index is -1.80. The molecule has 1 saturated carbocycles. The van der Waals surface area contributed by atoms with Gasteiger partial charge >= 0.3 is 6.09 Å². The second-order valence-corrected chi connectivity index (χ2v) is 11.6. The SMILES string of the molecule is C[C@H](N[C@@](Cc1cnc[nH]1)(NC(=O)OCc1ccccc1)C(=O)C(N)C(=O)CC1(c2ccccc2)CCC1)c1ccccc1. The van der Waals surface area contributed by atoms with E-state index in [9.17, 15) is 14.4 Å². The Morgan fingerprint density at radius 1 is 0.977 bits per heavy atom. The molecule has 0 spiro atoms. The van der Waals surface area contributed by atoms with Crippen molar-refractivity contribution in [2.45, 2.75) is 68.8 Å². The molecule has 44 heavy (non-hydrogen) atoms. The van der Waals surface area contributed by atoms with Crippen molar-refractivity contribution in [2.24, 2.45) is 5.73 Å². The van der Waals surface area contributed by atoms with Crippen LogP contribution in [0.3, 0.4) is 0 Å². The van der Waals surface area contributed by atoms with Crippen LogP contribution in [-0.2, 0) is 32.8 Å². The summed E-state index contributed by atoms with van der Waals surface area (Å²) < 4.78 is 5.55. The molecule has 9 nitrogen and oxygen atoms in total. The number of aromatic nitrogens is 2. The molecule has 1 aromatic heterocycles. The first-order chi connectivity index (χ1) is 21.3. The van der Waals surface area contributed by atoms with Crippen molar-refractivity contribution in [3.05, 3.63) is 126 Å². The molecule has 0 radical (unpaired) electrons. The van der Waals surface area contributed by atoms with Crippen LogP contribution in [0.5, 0.6) is 0 Å². The van der Waals surface area contributed by atoms with E-state index in [1.165, 1.54) is 6.33 Å². The Kier molecular flexibility index (Phi) is 9.67. The Morgan fingerprint density at radius 2 is 1.61 bits per heavy atom. The molecule has 0 aliphatic heterocycles. The van der Waals surface area contributed by atoms with Crippen LogP contribution in [0.1, 0.15) is 61.0 Å². The number of benzene rings is 3. The number of nitrogens with zero attached hydrogens (tertiary/aromatic N) is 1. The molecule has 1 heterocycles. The Balaban J connectivity index is 1.45. The Bertz CT molecular complexity index is 1530. The predicted molar refractivity (Wildman–Crippen MR) is 167 cm³/mol. The van der Waals surface area contributed by atoms with E-state index in [4.69, 9.17) is 10.5 Å². The van der Waals surface area contributed by atoms with Crippen LogP contribution in [0.15, 0.2) is 104 Å². The highest BCUT2D eigenvalue weighted by Gasteiger charge is 2.48. The van der Waals surface area contributed by atoms with E-state index in [2.05, 4.69) is 20.6 Å². The Labute approximate surface area is 257 Å². The molecule has 1 aliphatic rings. The molecule has 3 atom stereocenters. The summed E-state index contributed by atoms with van der Waals surface area (Å²) in [6.07, 6.45) is 5.01. The summed E-state index contributed by atoms with van der Waals surface area (Å²) in [6, 6.07) is 26.8. The van der Waals surface area contributed by atoms with Crippen LogP contribution >= 0.6 is 0 Å². The first-order valence-corrected chi connectivity index (χ1v) is 15.0. The van der Waals surface area contributed by atoms with Crippen molar-refractivity contribution in [2.75, 3.05) is 0 Å². The normalized spacial score (nSPS) is 16.5. The number of alkyl carbamates (subject to hydrolysis) is 1. The topological polar surface area (TPSA) is 139 Å². The third-order valence-corrected chi connectivity index (χ3v) is 8.56. The van der Waals surface area contributed by atoms with Crippen molar-refractivity contribution in [3.8, 4) is 0 Å². The average Bonchev–Trinajstić information content (AvgIpc) is 3.55. The number of nitrogens with one attached hydrogen (secondary N) is 3. The second kappa shape index (κ2) is 13.8. The number of ether oxygens (including phenoxy) is 1. The number of ketones is 2. The van der Waals surface area contributed by atoms with E-state index in [1.54, 1.807) is 6.20 Å². The number of H-pyrrole nitrogens is 1. The number of carbonyl (C=O) groups excluding carboxylic acids is 3. The van der Waals surface area contributed by atoms with Gasteiger partial charge < -0.3 is 15.5 Å². The Hall–Kier alpha value is -4.60. The quantitative estimate of drug-likeness (QED) is 0.120. The highest BCUT2D eigenvalue weighted by molar-refractivity contribution is 6.11. The van der Waals surface area contributed by atoms with Crippen molar-refractivity contribution in [1.82, 2.24) is 20.6 Å². The van der Waals surface area contributed by atoms with Crippen molar-refractivity contribution in [1.29, 1.82) is 0 Å². The number of hydrogen-bond donors (Lipinski definition) is 4. The molecule has 0 saturated heterocycles. The standard InChI is InChI=1S/C35H39N5O4/c1-25(27-14-7-3-8-15-27)39-35(20-29-22-37-24-38-29,40-33(43)44-23-26-12-5-2-6-13-26)32(42)31(36)30(41)21-34(18-11-19-34)28-16-9-4-10-17-28/h2-10,12-17,22,24-25,31,39H,11,18-21,23,36H2,1H3,(H,37,38)(H,40,43)/t25-,31?,35-/m0/s1. The zero-order chi connectivity index (χ0) is 31.0. The van der Waals surface area contributed by atoms with E-state index in [0.717, 1.165) is 36.0 Å². The van der Waals surface area contributed by atoms with E-state index in [0.29, 0.717) is 5.69 Å². The lowest BCUT2D eigenvalue weighted by Crippen LogP contribution is -2.70. The van der Waals surface area contributed by atoms with Crippen LogP contribution in [0, 0.1) is 0 Å². The van der Waals surface area contributed by atoms with Crippen LogP contribution < -0.4 is 16.4 Å². The van der Waals surface area contributed by atoms with Gasteiger partial charge in [0.2, 0.25) is 0 Å². The molecule has 0 bridgehead atoms. The lowest BCUT2D eigenvalue weighted by molar-refractivity contribution is -0.135. The molecule has 1 aliphatic carbocycles. The number of Topliss-reactive ketones (excluding diaryl/α,β-unsaturated/α-hetero) is 2. The summed E-state index contributed by atoms with van der Waals surface area (Å²) in [5.41, 5.74) is 7.69. The number of rotatable bonds is 14. The van der Waals surface area contributed by atoms with Gasteiger partial charge in [-0.3, -0.25) is 20.2 Å². The maximum absolute atomic E-state index is 14.5. The van der Waals surface area contributed by atoms with Crippen LogP contribution in [0.2, 0.25) is 0 Å². The maximum atomic E-state index is 14.5. The van der Waals surface area contributed by atoms with Crippen molar-refractivity contribution in [3.63, 3.8) is 0 Å². The second-order valence-electron chi connectivity index (χ2n) is 11.6. The van der Waals surface area contributed by atoms with E-state index >= 15 is 0 Å². The lowest BCUT2D eigenvalue weighted by Gasteiger charge is -2.43. The number of nitrogens with two attached hydrogens (primary N) is 1.